The topological polar surface area (TPSA) is 74.6 Å². The molecule has 0 bridgehead atoms. The van der Waals surface area contributed by atoms with Gasteiger partial charge >= 0.3 is 0 Å². The molecule has 0 radical (unpaired) electrons. The van der Waals surface area contributed by atoms with E-state index in [4.69, 9.17) is 11.6 Å². The second-order valence-electron chi connectivity index (χ2n) is 7.91. The minimum absolute atomic E-state index is 0.0170. The van der Waals surface area contributed by atoms with Crippen LogP contribution in [0.2, 0.25) is 5.02 Å². The minimum atomic E-state index is -0.0597. The number of hydrogen-bond acceptors (Lipinski definition) is 5. The molecule has 8 nitrogen and oxygen atoms in total. The van der Waals surface area contributed by atoms with Gasteiger partial charge in [-0.2, -0.15) is 5.10 Å². The van der Waals surface area contributed by atoms with Crippen molar-refractivity contribution in [3.05, 3.63) is 59.8 Å². The summed E-state index contributed by atoms with van der Waals surface area (Å²) in [5.74, 6) is 1.45. The molecule has 1 fully saturated rings. The second kappa shape index (κ2) is 8.63. The predicted molar refractivity (Wildman–Crippen MR) is 123 cm³/mol. The Balaban J connectivity index is 1.29. The molecule has 32 heavy (non-hydrogen) atoms. The lowest BCUT2D eigenvalue weighted by molar-refractivity contribution is -0.132. The highest BCUT2D eigenvalue weighted by Crippen LogP contribution is 2.29. The number of pyridine rings is 1. The lowest BCUT2D eigenvalue weighted by atomic mass is 10.1. The van der Waals surface area contributed by atoms with Crippen molar-refractivity contribution in [3.63, 3.8) is 0 Å². The lowest BCUT2D eigenvalue weighted by Crippen LogP contribution is -2.52. The van der Waals surface area contributed by atoms with E-state index in [1.54, 1.807) is 15.8 Å². The molecule has 164 valence electrons. The largest absolute Gasteiger partial charge is 0.353 e. The van der Waals surface area contributed by atoms with Crippen LogP contribution in [0.25, 0.3) is 11.3 Å². The summed E-state index contributed by atoms with van der Waals surface area (Å²) >= 11 is 6.12. The van der Waals surface area contributed by atoms with Gasteiger partial charge in [-0.25, -0.2) is 9.67 Å². The first-order valence-electron chi connectivity index (χ1n) is 10.7. The Labute approximate surface area is 191 Å². The lowest BCUT2D eigenvalue weighted by Gasteiger charge is -2.36. The highest BCUT2D eigenvalue weighted by molar-refractivity contribution is 6.30. The first kappa shape index (κ1) is 20.5. The average molecular weight is 451 g/mol. The SMILES string of the molecule is O=C(CN1C(=O)CCn2nc(-c3cccc(Cl)c3)cc21)N1CCN(c2ccccn2)CC1. The number of rotatable bonds is 4. The number of aromatic nitrogens is 3. The molecular formula is C23H23ClN6O2. The third-order valence-electron chi connectivity index (χ3n) is 5.89. The molecule has 1 saturated heterocycles. The Kier molecular flexibility index (Phi) is 5.53. The standard InChI is InChI=1S/C23H23ClN6O2/c24-18-5-3-4-17(14-18)19-15-21-29(22(31)7-9-30(21)26-19)16-23(32)28-12-10-27(11-13-28)20-6-1-2-8-25-20/h1-6,8,14-15H,7,9-13,16H2. The van der Waals surface area contributed by atoms with Crippen molar-refractivity contribution in [2.75, 3.05) is 42.5 Å². The van der Waals surface area contributed by atoms with Gasteiger partial charge in [-0.3, -0.25) is 14.5 Å². The molecule has 0 saturated carbocycles. The number of amides is 2. The molecule has 5 rings (SSSR count). The van der Waals surface area contributed by atoms with E-state index in [0.717, 1.165) is 17.1 Å². The number of halogens is 1. The van der Waals surface area contributed by atoms with Crippen molar-refractivity contribution in [1.82, 2.24) is 19.7 Å². The van der Waals surface area contributed by atoms with E-state index in [9.17, 15) is 9.59 Å². The van der Waals surface area contributed by atoms with Crippen LogP contribution in [0, 0.1) is 0 Å². The molecule has 2 aliphatic rings. The van der Waals surface area contributed by atoms with Gasteiger partial charge in [0.1, 0.15) is 18.2 Å². The third-order valence-corrected chi connectivity index (χ3v) is 6.13. The van der Waals surface area contributed by atoms with Crippen molar-refractivity contribution in [2.24, 2.45) is 0 Å². The van der Waals surface area contributed by atoms with Gasteiger partial charge in [-0.1, -0.05) is 29.8 Å². The second-order valence-corrected chi connectivity index (χ2v) is 8.34. The number of hydrogen-bond donors (Lipinski definition) is 0. The van der Waals surface area contributed by atoms with E-state index >= 15 is 0 Å². The van der Waals surface area contributed by atoms with Crippen LogP contribution in [0.1, 0.15) is 6.42 Å². The fourth-order valence-corrected chi connectivity index (χ4v) is 4.36. The van der Waals surface area contributed by atoms with Crippen LogP contribution in [0.15, 0.2) is 54.7 Å². The quantitative estimate of drug-likeness (QED) is 0.611. The van der Waals surface area contributed by atoms with Crippen LogP contribution >= 0.6 is 11.6 Å². The van der Waals surface area contributed by atoms with Gasteiger partial charge in [0.2, 0.25) is 11.8 Å². The van der Waals surface area contributed by atoms with E-state index in [-0.39, 0.29) is 18.4 Å². The molecule has 2 aliphatic heterocycles. The van der Waals surface area contributed by atoms with E-state index in [1.807, 2.05) is 53.4 Å². The van der Waals surface area contributed by atoms with Crippen LogP contribution in [0.4, 0.5) is 11.6 Å². The zero-order chi connectivity index (χ0) is 22.1. The van der Waals surface area contributed by atoms with Crippen LogP contribution in [0.3, 0.4) is 0 Å². The Bertz CT molecular complexity index is 1140. The summed E-state index contributed by atoms with van der Waals surface area (Å²) in [6, 6.07) is 15.1. The maximum atomic E-state index is 13.0. The van der Waals surface area contributed by atoms with Crippen LogP contribution < -0.4 is 9.80 Å². The van der Waals surface area contributed by atoms with Gasteiger partial charge in [0.15, 0.2) is 0 Å². The highest BCUT2D eigenvalue weighted by Gasteiger charge is 2.30. The summed E-state index contributed by atoms with van der Waals surface area (Å²) in [5, 5.41) is 5.26. The van der Waals surface area contributed by atoms with Crippen molar-refractivity contribution in [3.8, 4) is 11.3 Å². The van der Waals surface area contributed by atoms with E-state index in [2.05, 4.69) is 15.0 Å². The molecule has 0 atom stereocenters. The number of aryl methyl sites for hydroxylation is 1. The summed E-state index contributed by atoms with van der Waals surface area (Å²) in [7, 11) is 0. The predicted octanol–water partition coefficient (Wildman–Crippen LogP) is 2.68. The molecule has 0 spiro atoms. The zero-order valence-electron chi connectivity index (χ0n) is 17.5. The molecule has 9 heteroatoms. The van der Waals surface area contributed by atoms with Gasteiger partial charge in [-0.15, -0.1) is 0 Å². The highest BCUT2D eigenvalue weighted by atomic mass is 35.5. The summed E-state index contributed by atoms with van der Waals surface area (Å²) in [6.07, 6.45) is 2.10. The van der Waals surface area contributed by atoms with Crippen molar-refractivity contribution >= 4 is 35.1 Å². The molecule has 0 aliphatic carbocycles. The Morgan fingerprint density at radius 1 is 1.00 bits per heavy atom. The Morgan fingerprint density at radius 2 is 1.84 bits per heavy atom. The molecule has 0 unspecified atom stereocenters. The van der Waals surface area contributed by atoms with Gasteiger partial charge in [0, 0.05) is 55.4 Å². The van der Waals surface area contributed by atoms with Crippen molar-refractivity contribution in [1.29, 1.82) is 0 Å². The van der Waals surface area contributed by atoms with Gasteiger partial charge < -0.3 is 9.80 Å². The number of nitrogens with zero attached hydrogens (tertiary/aromatic N) is 6. The summed E-state index contributed by atoms with van der Waals surface area (Å²) < 4.78 is 1.80. The molecule has 2 aromatic heterocycles. The molecule has 3 aromatic rings. The first-order valence-corrected chi connectivity index (χ1v) is 11.0. The molecule has 1 aromatic carbocycles. The first-order chi connectivity index (χ1) is 15.6. The number of piperazine rings is 1. The Morgan fingerprint density at radius 3 is 2.59 bits per heavy atom. The van der Waals surface area contributed by atoms with E-state index < -0.39 is 0 Å². The van der Waals surface area contributed by atoms with Crippen molar-refractivity contribution in [2.45, 2.75) is 13.0 Å². The number of anilines is 2. The number of benzene rings is 1. The summed E-state index contributed by atoms with van der Waals surface area (Å²) in [4.78, 5) is 35.7. The fourth-order valence-electron chi connectivity index (χ4n) is 4.17. The van der Waals surface area contributed by atoms with Gasteiger partial charge in [-0.05, 0) is 24.3 Å². The summed E-state index contributed by atoms with van der Waals surface area (Å²) in [6.45, 7) is 3.15. The number of fused-ring (bicyclic) bond motifs is 1. The monoisotopic (exact) mass is 450 g/mol. The molecule has 4 heterocycles. The molecule has 2 amide bonds. The van der Waals surface area contributed by atoms with Crippen LogP contribution in [0.5, 0.6) is 0 Å². The van der Waals surface area contributed by atoms with Gasteiger partial charge in [0.05, 0.1) is 12.2 Å². The number of carbonyl (C=O) groups is 2. The van der Waals surface area contributed by atoms with Gasteiger partial charge in [0.25, 0.3) is 0 Å². The molecular weight excluding hydrogens is 428 g/mol. The fraction of sp³-hybridized carbons (Fsp3) is 0.304. The Hall–Kier alpha value is -3.39. The smallest absolute Gasteiger partial charge is 0.242 e. The van der Waals surface area contributed by atoms with E-state index in [0.29, 0.717) is 50.0 Å². The number of carbonyl (C=O) groups excluding carboxylic acids is 2. The maximum absolute atomic E-state index is 13.0. The zero-order valence-corrected chi connectivity index (χ0v) is 18.3. The van der Waals surface area contributed by atoms with Crippen molar-refractivity contribution < 1.29 is 9.59 Å². The normalized spacial score (nSPS) is 16.3. The summed E-state index contributed by atoms with van der Waals surface area (Å²) in [5.41, 5.74) is 1.61. The minimum Gasteiger partial charge on any atom is -0.353 e. The van der Waals surface area contributed by atoms with Crippen LogP contribution in [-0.2, 0) is 16.1 Å². The molecule has 0 N–H and O–H groups in total. The third kappa shape index (κ3) is 4.05. The average Bonchev–Trinajstić information content (AvgIpc) is 3.26. The van der Waals surface area contributed by atoms with Crippen LogP contribution in [-0.4, -0.2) is 64.2 Å². The maximum Gasteiger partial charge on any atom is 0.242 e. The van der Waals surface area contributed by atoms with E-state index in [1.165, 1.54) is 0 Å².